The zero-order chi connectivity index (χ0) is 19.2. The van der Waals surface area contributed by atoms with E-state index in [0.717, 1.165) is 30.6 Å². The van der Waals surface area contributed by atoms with E-state index in [1.807, 2.05) is 0 Å². The van der Waals surface area contributed by atoms with Gasteiger partial charge in [0, 0.05) is 0 Å². The molecule has 3 saturated carbocycles. The molecule has 0 heterocycles. The molecule has 0 aromatic rings. The van der Waals surface area contributed by atoms with Crippen LogP contribution in [0.15, 0.2) is 11.6 Å². The molecule has 7 atom stereocenters. The first kappa shape index (κ1) is 19.0. The minimum absolute atomic E-state index is 0.0197. The first-order valence-corrected chi connectivity index (χ1v) is 11.1. The maximum absolute atomic E-state index is 11.6. The molecule has 0 saturated heterocycles. The third kappa shape index (κ3) is 3.23. The molecule has 4 unspecified atom stereocenters. The number of hydrogen-bond donors (Lipinski definition) is 2. The quantitative estimate of drug-likeness (QED) is 0.654. The number of hydrogen-bond acceptors (Lipinski definition) is 2. The van der Waals surface area contributed by atoms with Crippen molar-refractivity contribution in [3.8, 4) is 0 Å². The van der Waals surface area contributed by atoms with Gasteiger partial charge in [0.25, 0.3) is 0 Å². The van der Waals surface area contributed by atoms with Gasteiger partial charge in [0.05, 0.1) is 12.3 Å². The summed E-state index contributed by atoms with van der Waals surface area (Å²) in [5.74, 6) is 0.260. The van der Waals surface area contributed by atoms with Gasteiger partial charge < -0.3 is 10.2 Å². The molecule has 0 aromatic heterocycles. The molecule has 0 aliphatic heterocycles. The van der Waals surface area contributed by atoms with Crippen LogP contribution in [0.2, 0.25) is 0 Å². The van der Waals surface area contributed by atoms with Gasteiger partial charge in [0.2, 0.25) is 0 Å². The molecule has 150 valence electrons. The highest BCUT2D eigenvalue weighted by Crippen LogP contribution is 2.63. The van der Waals surface area contributed by atoms with Gasteiger partial charge in [-0.3, -0.25) is 9.59 Å². The fourth-order valence-corrected chi connectivity index (χ4v) is 7.67. The second-order valence-electron chi connectivity index (χ2n) is 9.78. The number of aliphatic carboxylic acids is 2. The molecule has 4 aliphatic rings. The van der Waals surface area contributed by atoms with Crippen molar-refractivity contribution >= 4 is 11.9 Å². The lowest BCUT2D eigenvalue weighted by molar-refractivity contribution is -0.150. The predicted octanol–water partition coefficient (Wildman–Crippen LogP) is 5.13. The van der Waals surface area contributed by atoms with E-state index < -0.39 is 17.9 Å². The molecule has 0 aromatic carbocycles. The Hall–Kier alpha value is -1.32. The topological polar surface area (TPSA) is 74.6 Å². The molecule has 2 N–H and O–H groups in total. The summed E-state index contributed by atoms with van der Waals surface area (Å²) < 4.78 is 0. The van der Waals surface area contributed by atoms with Gasteiger partial charge in [-0.05, 0) is 86.4 Å². The molecule has 4 heteroatoms. The van der Waals surface area contributed by atoms with E-state index in [-0.39, 0.29) is 12.3 Å². The summed E-state index contributed by atoms with van der Waals surface area (Å²) >= 11 is 0. The number of carboxylic acids is 2. The van der Waals surface area contributed by atoms with Crippen LogP contribution in [0.3, 0.4) is 0 Å². The molecule has 0 amide bonds. The molecule has 0 radical (unpaired) electrons. The molecular formula is C23H34O4. The van der Waals surface area contributed by atoms with Crippen molar-refractivity contribution in [3.63, 3.8) is 0 Å². The predicted molar refractivity (Wildman–Crippen MR) is 103 cm³/mol. The number of fused-ring (bicyclic) bond motifs is 5. The Morgan fingerprint density at radius 2 is 2.00 bits per heavy atom. The summed E-state index contributed by atoms with van der Waals surface area (Å²) in [7, 11) is 0. The van der Waals surface area contributed by atoms with E-state index >= 15 is 0 Å². The summed E-state index contributed by atoms with van der Waals surface area (Å²) in [6.45, 7) is 2.39. The van der Waals surface area contributed by atoms with Crippen LogP contribution in [0.4, 0.5) is 0 Å². The summed E-state index contributed by atoms with van der Waals surface area (Å²) in [5, 5.41) is 18.6. The Morgan fingerprint density at radius 1 is 1.19 bits per heavy atom. The SMILES string of the molecule is CCC12CCC[C@H]1[C@@H]1CCC3CC(C(CC(=O)O)C(=O)O)CC=C3[C@H]1CC2. The Balaban J connectivity index is 1.52. The van der Waals surface area contributed by atoms with Crippen molar-refractivity contribution in [1.29, 1.82) is 0 Å². The Labute approximate surface area is 162 Å². The van der Waals surface area contributed by atoms with Gasteiger partial charge in [0.15, 0.2) is 0 Å². The smallest absolute Gasteiger partial charge is 0.307 e. The number of carboxylic acid groups (broad SMARTS) is 2. The zero-order valence-corrected chi connectivity index (χ0v) is 16.5. The molecule has 4 rings (SSSR count). The van der Waals surface area contributed by atoms with Crippen LogP contribution in [0.5, 0.6) is 0 Å². The second kappa shape index (κ2) is 7.25. The Morgan fingerprint density at radius 3 is 2.70 bits per heavy atom. The van der Waals surface area contributed by atoms with Crippen molar-refractivity contribution in [2.24, 2.45) is 40.9 Å². The fourth-order valence-electron chi connectivity index (χ4n) is 7.67. The fraction of sp³-hybridized carbons (Fsp3) is 0.826. The summed E-state index contributed by atoms with van der Waals surface area (Å²) in [4.78, 5) is 22.7. The van der Waals surface area contributed by atoms with Gasteiger partial charge in [-0.15, -0.1) is 0 Å². The largest absolute Gasteiger partial charge is 0.481 e. The van der Waals surface area contributed by atoms with Crippen LogP contribution in [0.25, 0.3) is 0 Å². The van der Waals surface area contributed by atoms with Crippen molar-refractivity contribution in [3.05, 3.63) is 11.6 Å². The standard InChI is InChI=1S/C23H34O4/c1-2-23-10-3-4-20(23)18-8-6-14-12-15(19(22(26)27)13-21(24)25)5-7-16(14)17(18)9-11-23/h7,14-15,17-20H,2-6,8-13H2,1H3,(H,24,25)(H,26,27)/t14?,15?,17-,18-,19?,20+,23?/m1/s1. The van der Waals surface area contributed by atoms with Crippen LogP contribution in [-0.4, -0.2) is 22.2 Å². The number of rotatable bonds is 5. The summed E-state index contributed by atoms with van der Waals surface area (Å²) in [6.07, 6.45) is 14.5. The second-order valence-corrected chi connectivity index (χ2v) is 9.78. The van der Waals surface area contributed by atoms with E-state index in [0.29, 0.717) is 11.3 Å². The summed E-state index contributed by atoms with van der Waals surface area (Å²) in [6, 6.07) is 0. The number of carbonyl (C=O) groups is 2. The lowest BCUT2D eigenvalue weighted by Crippen LogP contribution is -2.44. The molecule has 4 aliphatic carbocycles. The van der Waals surface area contributed by atoms with Gasteiger partial charge in [0.1, 0.15) is 0 Å². The molecule has 4 nitrogen and oxygen atoms in total. The van der Waals surface area contributed by atoms with E-state index in [1.54, 1.807) is 5.57 Å². The van der Waals surface area contributed by atoms with Gasteiger partial charge >= 0.3 is 11.9 Å². The van der Waals surface area contributed by atoms with Crippen molar-refractivity contribution in [1.82, 2.24) is 0 Å². The van der Waals surface area contributed by atoms with E-state index in [2.05, 4.69) is 13.0 Å². The van der Waals surface area contributed by atoms with E-state index in [1.165, 1.54) is 51.4 Å². The number of allylic oxidation sites excluding steroid dienone is 2. The zero-order valence-electron chi connectivity index (χ0n) is 16.5. The van der Waals surface area contributed by atoms with E-state index in [4.69, 9.17) is 5.11 Å². The normalized spacial score (nSPS) is 41.7. The van der Waals surface area contributed by atoms with Crippen molar-refractivity contribution in [2.45, 2.75) is 77.6 Å². The average Bonchev–Trinajstić information content (AvgIpc) is 3.10. The van der Waals surface area contributed by atoms with Crippen LogP contribution >= 0.6 is 0 Å². The third-order valence-corrected chi connectivity index (χ3v) is 8.94. The lowest BCUT2D eigenvalue weighted by atomic mass is 9.51. The van der Waals surface area contributed by atoms with Gasteiger partial charge in [-0.1, -0.05) is 31.4 Å². The molecule has 3 fully saturated rings. The first-order chi connectivity index (χ1) is 12.9. The van der Waals surface area contributed by atoms with Crippen LogP contribution < -0.4 is 0 Å². The highest BCUT2D eigenvalue weighted by molar-refractivity contribution is 5.78. The van der Waals surface area contributed by atoms with Gasteiger partial charge in [-0.2, -0.15) is 0 Å². The van der Waals surface area contributed by atoms with Crippen LogP contribution in [-0.2, 0) is 9.59 Å². The lowest BCUT2D eigenvalue weighted by Gasteiger charge is -2.53. The van der Waals surface area contributed by atoms with Crippen molar-refractivity contribution in [2.75, 3.05) is 0 Å². The first-order valence-electron chi connectivity index (χ1n) is 11.1. The van der Waals surface area contributed by atoms with E-state index in [9.17, 15) is 14.7 Å². The average molecular weight is 375 g/mol. The minimum Gasteiger partial charge on any atom is -0.481 e. The molecule has 27 heavy (non-hydrogen) atoms. The maximum atomic E-state index is 11.6. The monoisotopic (exact) mass is 374 g/mol. The Bertz CT molecular complexity index is 638. The molecule has 0 bridgehead atoms. The minimum atomic E-state index is -0.995. The Kier molecular flexibility index (Phi) is 5.11. The maximum Gasteiger partial charge on any atom is 0.307 e. The highest BCUT2D eigenvalue weighted by atomic mass is 16.4. The van der Waals surface area contributed by atoms with Crippen LogP contribution in [0, 0.1) is 40.9 Å². The highest BCUT2D eigenvalue weighted by Gasteiger charge is 2.53. The molecule has 0 spiro atoms. The summed E-state index contributed by atoms with van der Waals surface area (Å²) in [5.41, 5.74) is 2.24. The third-order valence-electron chi connectivity index (χ3n) is 8.94. The van der Waals surface area contributed by atoms with Crippen LogP contribution in [0.1, 0.15) is 77.6 Å². The van der Waals surface area contributed by atoms with Gasteiger partial charge in [-0.25, -0.2) is 0 Å². The van der Waals surface area contributed by atoms with Crippen molar-refractivity contribution < 1.29 is 19.8 Å². The molecular weight excluding hydrogens is 340 g/mol.